The van der Waals surface area contributed by atoms with Gasteiger partial charge < -0.3 is 4.74 Å². The van der Waals surface area contributed by atoms with Crippen LogP contribution in [0.15, 0.2) is 0 Å². The molecule has 27 heavy (non-hydrogen) atoms. The average molecular weight is 378 g/mol. The lowest BCUT2D eigenvalue weighted by Gasteiger charge is -2.38. The summed E-state index contributed by atoms with van der Waals surface area (Å²) in [5.41, 5.74) is 0. The molecule has 0 bridgehead atoms. The third-order valence-corrected chi connectivity index (χ3v) is 7.52. The van der Waals surface area contributed by atoms with Crippen molar-refractivity contribution in [1.29, 1.82) is 5.26 Å². The first-order chi connectivity index (χ1) is 13.1. The van der Waals surface area contributed by atoms with Gasteiger partial charge in [0.05, 0.1) is 12.0 Å². The SMILES string of the molecule is CCCC1CCC(C2CCC(C(=O)OC3CCC(C#N)CC3F)CC2)CC1. The van der Waals surface area contributed by atoms with Crippen molar-refractivity contribution in [2.24, 2.45) is 29.6 Å². The van der Waals surface area contributed by atoms with Gasteiger partial charge in [0.1, 0.15) is 12.3 Å². The number of carbonyl (C=O) groups is 1. The van der Waals surface area contributed by atoms with Crippen LogP contribution in [-0.4, -0.2) is 18.2 Å². The van der Waals surface area contributed by atoms with Crippen LogP contribution < -0.4 is 0 Å². The second-order valence-corrected chi connectivity index (χ2v) is 9.31. The number of hydrogen-bond donors (Lipinski definition) is 0. The van der Waals surface area contributed by atoms with Crippen molar-refractivity contribution >= 4 is 5.97 Å². The van der Waals surface area contributed by atoms with Crippen LogP contribution in [0.5, 0.6) is 0 Å². The molecular formula is C23H36FNO2. The van der Waals surface area contributed by atoms with Gasteiger partial charge in [-0.15, -0.1) is 0 Å². The quantitative estimate of drug-likeness (QED) is 0.554. The Kier molecular flexibility index (Phi) is 7.56. The Morgan fingerprint density at radius 3 is 2.19 bits per heavy atom. The van der Waals surface area contributed by atoms with Gasteiger partial charge in [-0.3, -0.25) is 4.79 Å². The zero-order chi connectivity index (χ0) is 19.2. The minimum Gasteiger partial charge on any atom is -0.459 e. The van der Waals surface area contributed by atoms with E-state index in [9.17, 15) is 9.18 Å². The van der Waals surface area contributed by atoms with E-state index in [1.54, 1.807) is 0 Å². The molecule has 152 valence electrons. The third-order valence-electron chi connectivity index (χ3n) is 7.52. The Balaban J connectivity index is 1.39. The standard InChI is InChI=1S/C23H36FNO2/c1-2-3-16-4-7-18(8-5-16)19-9-11-20(12-10-19)23(26)27-22-13-6-17(15-25)14-21(22)24/h16-22H,2-14H2,1H3. The van der Waals surface area contributed by atoms with E-state index >= 15 is 0 Å². The number of esters is 1. The van der Waals surface area contributed by atoms with Crippen molar-refractivity contribution in [2.45, 2.75) is 103 Å². The van der Waals surface area contributed by atoms with Gasteiger partial charge in [-0.05, 0) is 75.5 Å². The average Bonchev–Trinajstić information content (AvgIpc) is 2.70. The number of hydrogen-bond acceptors (Lipinski definition) is 3. The van der Waals surface area contributed by atoms with E-state index in [2.05, 4.69) is 13.0 Å². The Bertz CT molecular complexity index is 515. The molecule has 0 radical (unpaired) electrons. The normalized spacial score (nSPS) is 40.1. The number of carbonyl (C=O) groups excluding carboxylic acids is 1. The summed E-state index contributed by atoms with van der Waals surface area (Å²) < 4.78 is 19.7. The minimum absolute atomic E-state index is 0.0430. The molecule has 3 aliphatic carbocycles. The van der Waals surface area contributed by atoms with Gasteiger partial charge in [-0.2, -0.15) is 5.26 Å². The van der Waals surface area contributed by atoms with Gasteiger partial charge in [-0.25, -0.2) is 4.39 Å². The van der Waals surface area contributed by atoms with Gasteiger partial charge in [0.25, 0.3) is 0 Å². The molecule has 3 unspecified atom stereocenters. The summed E-state index contributed by atoms with van der Waals surface area (Å²) in [6, 6.07) is 2.14. The van der Waals surface area contributed by atoms with E-state index in [1.165, 1.54) is 38.5 Å². The summed E-state index contributed by atoms with van der Waals surface area (Å²) in [5.74, 6) is 2.12. The molecule has 3 nitrogen and oxygen atoms in total. The van der Waals surface area contributed by atoms with Crippen LogP contribution in [0.4, 0.5) is 4.39 Å². The Morgan fingerprint density at radius 1 is 1.00 bits per heavy atom. The van der Waals surface area contributed by atoms with Crippen molar-refractivity contribution in [2.75, 3.05) is 0 Å². The molecule has 0 amide bonds. The van der Waals surface area contributed by atoms with Crippen LogP contribution in [-0.2, 0) is 9.53 Å². The van der Waals surface area contributed by atoms with Crippen molar-refractivity contribution in [1.82, 2.24) is 0 Å². The number of rotatable bonds is 5. The van der Waals surface area contributed by atoms with E-state index in [0.29, 0.717) is 12.8 Å². The van der Waals surface area contributed by atoms with Gasteiger partial charge in [-0.1, -0.05) is 32.6 Å². The second kappa shape index (κ2) is 9.89. The van der Waals surface area contributed by atoms with Gasteiger partial charge >= 0.3 is 5.97 Å². The predicted octanol–water partition coefficient (Wildman–Crippen LogP) is 5.97. The lowest BCUT2D eigenvalue weighted by atomic mass is 9.69. The summed E-state index contributed by atoms with van der Waals surface area (Å²) in [7, 11) is 0. The van der Waals surface area contributed by atoms with Crippen LogP contribution in [0, 0.1) is 40.9 Å². The fraction of sp³-hybridized carbons (Fsp3) is 0.913. The van der Waals surface area contributed by atoms with Gasteiger partial charge in [0, 0.05) is 5.92 Å². The fourth-order valence-corrected chi connectivity index (χ4v) is 5.77. The smallest absolute Gasteiger partial charge is 0.309 e. The van der Waals surface area contributed by atoms with Crippen LogP contribution in [0.1, 0.15) is 90.4 Å². The van der Waals surface area contributed by atoms with Crippen LogP contribution in [0.3, 0.4) is 0 Å². The molecule has 0 saturated heterocycles. The second-order valence-electron chi connectivity index (χ2n) is 9.31. The predicted molar refractivity (Wildman–Crippen MR) is 104 cm³/mol. The van der Waals surface area contributed by atoms with Gasteiger partial charge in [0.15, 0.2) is 0 Å². The highest BCUT2D eigenvalue weighted by molar-refractivity contribution is 5.72. The van der Waals surface area contributed by atoms with Gasteiger partial charge in [0.2, 0.25) is 0 Å². The van der Waals surface area contributed by atoms with Crippen LogP contribution >= 0.6 is 0 Å². The lowest BCUT2D eigenvalue weighted by Crippen LogP contribution is -2.37. The largest absolute Gasteiger partial charge is 0.459 e. The molecule has 0 aromatic rings. The van der Waals surface area contributed by atoms with E-state index < -0.39 is 12.3 Å². The van der Waals surface area contributed by atoms with E-state index in [-0.39, 0.29) is 24.2 Å². The molecule has 3 rings (SSSR count). The first-order valence-corrected chi connectivity index (χ1v) is 11.3. The van der Waals surface area contributed by atoms with Crippen molar-refractivity contribution in [3.8, 4) is 6.07 Å². The molecule has 0 aromatic carbocycles. The number of nitrogens with zero attached hydrogens (tertiary/aromatic N) is 1. The van der Waals surface area contributed by atoms with Crippen LogP contribution in [0.2, 0.25) is 0 Å². The fourth-order valence-electron chi connectivity index (χ4n) is 5.77. The third kappa shape index (κ3) is 5.46. The zero-order valence-corrected chi connectivity index (χ0v) is 16.9. The molecule has 0 aromatic heterocycles. The van der Waals surface area contributed by atoms with E-state index in [0.717, 1.165) is 43.4 Å². The molecular weight excluding hydrogens is 341 g/mol. The van der Waals surface area contributed by atoms with Crippen molar-refractivity contribution < 1.29 is 13.9 Å². The maximum absolute atomic E-state index is 14.2. The maximum Gasteiger partial charge on any atom is 0.309 e. The first-order valence-electron chi connectivity index (χ1n) is 11.3. The highest BCUT2D eigenvalue weighted by atomic mass is 19.1. The summed E-state index contributed by atoms with van der Waals surface area (Å²) >= 11 is 0. The zero-order valence-electron chi connectivity index (χ0n) is 16.9. The Labute approximate surface area is 164 Å². The van der Waals surface area contributed by atoms with E-state index in [1.807, 2.05) is 0 Å². The molecule has 3 fully saturated rings. The molecule has 3 atom stereocenters. The minimum atomic E-state index is -1.18. The van der Waals surface area contributed by atoms with E-state index in [4.69, 9.17) is 10.00 Å². The van der Waals surface area contributed by atoms with Crippen molar-refractivity contribution in [3.63, 3.8) is 0 Å². The lowest BCUT2D eigenvalue weighted by molar-refractivity contribution is -0.161. The summed E-state index contributed by atoms with van der Waals surface area (Å²) in [4.78, 5) is 12.5. The number of alkyl halides is 1. The van der Waals surface area contributed by atoms with Crippen molar-refractivity contribution in [3.05, 3.63) is 0 Å². The monoisotopic (exact) mass is 377 g/mol. The molecule has 0 heterocycles. The molecule has 0 spiro atoms. The highest BCUT2D eigenvalue weighted by Gasteiger charge is 2.37. The number of nitriles is 1. The maximum atomic E-state index is 14.2. The molecule has 0 N–H and O–H groups in total. The highest BCUT2D eigenvalue weighted by Crippen LogP contribution is 2.42. The summed E-state index contributed by atoms with van der Waals surface area (Å²) in [6.45, 7) is 2.28. The molecule has 3 saturated carbocycles. The van der Waals surface area contributed by atoms with Crippen LogP contribution in [0.25, 0.3) is 0 Å². The topological polar surface area (TPSA) is 50.1 Å². The first kappa shape index (κ1) is 20.6. The molecule has 3 aliphatic rings. The molecule has 0 aliphatic heterocycles. The Morgan fingerprint density at radius 2 is 1.63 bits per heavy atom. The number of halogens is 1. The molecule has 4 heteroatoms. The summed E-state index contributed by atoms with van der Waals surface area (Å²) in [6.07, 6.45) is 11.8. The Hall–Kier alpha value is -1.11. The summed E-state index contributed by atoms with van der Waals surface area (Å²) in [5, 5.41) is 8.93. The number of ether oxygens (including phenoxy) is 1.